The Bertz CT molecular complexity index is 476. The molecular weight excluding hydrogens is 263 g/mol. The van der Waals surface area contributed by atoms with Crippen molar-refractivity contribution in [1.29, 1.82) is 0 Å². The zero-order valence-electron chi connectivity index (χ0n) is 6.59. The zero-order valence-corrected chi connectivity index (χ0v) is 8.17. The molecule has 0 aliphatic heterocycles. The summed E-state index contributed by atoms with van der Waals surface area (Å²) in [6.07, 6.45) is -0.680. The van der Waals surface area contributed by atoms with E-state index < -0.39 is 11.9 Å². The molecule has 0 unspecified atom stereocenters. The molecule has 0 fully saturated rings. The lowest BCUT2D eigenvalue weighted by atomic mass is 10.5. The van der Waals surface area contributed by atoms with Crippen LogP contribution < -0.4 is 0 Å². The predicted molar refractivity (Wildman–Crippen MR) is 45.7 cm³/mol. The summed E-state index contributed by atoms with van der Waals surface area (Å²) >= 11 is 3.10. The van der Waals surface area contributed by atoms with Crippen molar-refractivity contribution in [1.82, 2.24) is 14.4 Å². The molecule has 0 N–H and O–H groups in total. The van der Waals surface area contributed by atoms with E-state index in [-0.39, 0.29) is 5.78 Å². The van der Waals surface area contributed by atoms with Crippen LogP contribution in [0.4, 0.5) is 13.2 Å². The molecule has 2 rings (SSSR count). The minimum atomic E-state index is -4.43. The summed E-state index contributed by atoms with van der Waals surface area (Å²) in [5.74, 6) is 0.0283. The standard InChI is InChI=1S/C7H3BrF3N3/c8-4-1-12-6-13-5(7(9,10)11)3-14(6)2-4/h1-3H. The molecule has 3 nitrogen and oxygen atoms in total. The summed E-state index contributed by atoms with van der Waals surface area (Å²) < 4.78 is 38.4. The van der Waals surface area contributed by atoms with Gasteiger partial charge in [-0.05, 0) is 15.9 Å². The Kier molecular flexibility index (Phi) is 1.99. The molecule has 0 aliphatic rings. The van der Waals surface area contributed by atoms with Crippen molar-refractivity contribution in [3.05, 3.63) is 28.8 Å². The van der Waals surface area contributed by atoms with Gasteiger partial charge in [-0.1, -0.05) is 0 Å². The van der Waals surface area contributed by atoms with Crippen molar-refractivity contribution in [3.8, 4) is 0 Å². The molecule has 0 atom stereocenters. The zero-order chi connectivity index (χ0) is 10.3. The minimum absolute atomic E-state index is 0.0283. The molecule has 2 aromatic heterocycles. The molecule has 14 heavy (non-hydrogen) atoms. The average molecular weight is 266 g/mol. The van der Waals surface area contributed by atoms with Crippen LogP contribution in [-0.4, -0.2) is 14.4 Å². The molecule has 74 valence electrons. The first kappa shape index (κ1) is 9.45. The van der Waals surface area contributed by atoms with Crippen molar-refractivity contribution in [2.45, 2.75) is 6.18 Å². The van der Waals surface area contributed by atoms with Gasteiger partial charge in [-0.15, -0.1) is 0 Å². The van der Waals surface area contributed by atoms with Gasteiger partial charge in [0.1, 0.15) is 0 Å². The van der Waals surface area contributed by atoms with Gasteiger partial charge in [0.2, 0.25) is 5.78 Å². The molecule has 0 amide bonds. The van der Waals surface area contributed by atoms with E-state index in [4.69, 9.17) is 0 Å². The van der Waals surface area contributed by atoms with E-state index >= 15 is 0 Å². The SMILES string of the molecule is FC(F)(F)c1cn2cc(Br)cnc2n1. The van der Waals surface area contributed by atoms with Gasteiger partial charge in [0.15, 0.2) is 5.69 Å². The molecule has 0 bridgehead atoms. The van der Waals surface area contributed by atoms with Crippen LogP contribution >= 0.6 is 15.9 Å². The monoisotopic (exact) mass is 265 g/mol. The largest absolute Gasteiger partial charge is 0.434 e. The Morgan fingerprint density at radius 1 is 1.29 bits per heavy atom. The van der Waals surface area contributed by atoms with Gasteiger partial charge < -0.3 is 0 Å². The highest BCUT2D eigenvalue weighted by molar-refractivity contribution is 9.10. The van der Waals surface area contributed by atoms with E-state index in [9.17, 15) is 13.2 Å². The van der Waals surface area contributed by atoms with Crippen LogP contribution in [0.3, 0.4) is 0 Å². The first-order chi connectivity index (χ1) is 6.47. The molecule has 0 aliphatic carbocycles. The van der Waals surface area contributed by atoms with Gasteiger partial charge in [-0.2, -0.15) is 13.2 Å². The van der Waals surface area contributed by atoms with E-state index in [1.165, 1.54) is 16.8 Å². The maximum absolute atomic E-state index is 12.2. The van der Waals surface area contributed by atoms with Crippen LogP contribution in [0.25, 0.3) is 5.78 Å². The van der Waals surface area contributed by atoms with Crippen LogP contribution in [0.5, 0.6) is 0 Å². The Hall–Kier alpha value is -1.11. The van der Waals surface area contributed by atoms with Crippen molar-refractivity contribution in [2.24, 2.45) is 0 Å². The van der Waals surface area contributed by atoms with Crippen LogP contribution in [-0.2, 0) is 6.18 Å². The second-order valence-corrected chi connectivity index (χ2v) is 3.52. The predicted octanol–water partition coefficient (Wildman–Crippen LogP) is 2.51. The number of hydrogen-bond acceptors (Lipinski definition) is 2. The Labute approximate surface area is 84.7 Å². The summed E-state index contributed by atoms with van der Waals surface area (Å²) in [6.45, 7) is 0. The quantitative estimate of drug-likeness (QED) is 0.733. The van der Waals surface area contributed by atoms with Crippen LogP contribution in [0.1, 0.15) is 5.69 Å². The lowest BCUT2D eigenvalue weighted by Gasteiger charge is -1.98. The first-order valence-corrected chi connectivity index (χ1v) is 4.33. The number of hydrogen-bond donors (Lipinski definition) is 0. The molecule has 0 radical (unpaired) electrons. The fourth-order valence-corrected chi connectivity index (χ4v) is 1.32. The number of halogens is 4. The smallest absolute Gasteiger partial charge is 0.289 e. The highest BCUT2D eigenvalue weighted by Crippen LogP contribution is 2.28. The highest BCUT2D eigenvalue weighted by Gasteiger charge is 2.34. The van der Waals surface area contributed by atoms with Crippen molar-refractivity contribution in [3.63, 3.8) is 0 Å². The fourth-order valence-electron chi connectivity index (χ4n) is 0.997. The van der Waals surface area contributed by atoms with Gasteiger partial charge in [-0.25, -0.2) is 9.97 Å². The second-order valence-electron chi connectivity index (χ2n) is 2.60. The third-order valence-corrected chi connectivity index (χ3v) is 1.98. The molecule has 2 aromatic rings. The van der Waals surface area contributed by atoms with Gasteiger partial charge in [-0.3, -0.25) is 4.40 Å². The van der Waals surface area contributed by atoms with Crippen molar-refractivity contribution in [2.75, 3.05) is 0 Å². The minimum Gasteiger partial charge on any atom is -0.289 e. The number of aromatic nitrogens is 3. The fraction of sp³-hybridized carbons (Fsp3) is 0.143. The average Bonchev–Trinajstić information content (AvgIpc) is 2.45. The second kappa shape index (κ2) is 2.94. The van der Waals surface area contributed by atoms with E-state index in [2.05, 4.69) is 25.9 Å². The topological polar surface area (TPSA) is 30.2 Å². The maximum Gasteiger partial charge on any atom is 0.434 e. The Morgan fingerprint density at radius 2 is 2.00 bits per heavy atom. The van der Waals surface area contributed by atoms with Gasteiger partial charge in [0.25, 0.3) is 0 Å². The summed E-state index contributed by atoms with van der Waals surface area (Å²) in [5.41, 5.74) is -0.942. The molecule has 0 saturated heterocycles. The van der Waals surface area contributed by atoms with Crippen LogP contribution in [0.15, 0.2) is 23.1 Å². The van der Waals surface area contributed by atoms with Gasteiger partial charge in [0, 0.05) is 18.6 Å². The van der Waals surface area contributed by atoms with Gasteiger partial charge >= 0.3 is 6.18 Å². The molecule has 0 aromatic carbocycles. The third-order valence-electron chi connectivity index (χ3n) is 1.57. The van der Waals surface area contributed by atoms with Gasteiger partial charge in [0.05, 0.1) is 4.47 Å². The van der Waals surface area contributed by atoms with Crippen molar-refractivity contribution < 1.29 is 13.2 Å². The summed E-state index contributed by atoms with van der Waals surface area (Å²) in [5, 5.41) is 0. The van der Waals surface area contributed by atoms with E-state index in [0.29, 0.717) is 4.47 Å². The molecule has 0 saturated carbocycles. The molecule has 7 heteroatoms. The van der Waals surface area contributed by atoms with E-state index in [1.54, 1.807) is 0 Å². The Morgan fingerprint density at radius 3 is 2.64 bits per heavy atom. The van der Waals surface area contributed by atoms with Crippen molar-refractivity contribution >= 4 is 21.7 Å². The lowest BCUT2D eigenvalue weighted by molar-refractivity contribution is -0.140. The number of fused-ring (bicyclic) bond motifs is 1. The molecular formula is C7H3BrF3N3. The first-order valence-electron chi connectivity index (χ1n) is 3.54. The molecule has 0 spiro atoms. The third kappa shape index (κ3) is 1.59. The number of alkyl halides is 3. The normalized spacial score (nSPS) is 12.3. The summed E-state index contributed by atoms with van der Waals surface area (Å²) in [6, 6.07) is 0. The summed E-state index contributed by atoms with van der Waals surface area (Å²) in [4.78, 5) is 7.05. The maximum atomic E-state index is 12.2. The van der Waals surface area contributed by atoms with E-state index in [1.807, 2.05) is 0 Å². The highest BCUT2D eigenvalue weighted by atomic mass is 79.9. The summed E-state index contributed by atoms with van der Waals surface area (Å²) in [7, 11) is 0. The van der Waals surface area contributed by atoms with Crippen LogP contribution in [0.2, 0.25) is 0 Å². The van der Waals surface area contributed by atoms with Crippen LogP contribution in [0, 0.1) is 0 Å². The number of imidazole rings is 1. The lowest BCUT2D eigenvalue weighted by Crippen LogP contribution is -2.04. The Balaban J connectivity index is 2.63. The number of nitrogens with zero attached hydrogens (tertiary/aromatic N) is 3. The molecule has 2 heterocycles. The van der Waals surface area contributed by atoms with E-state index in [0.717, 1.165) is 6.20 Å². The number of rotatable bonds is 0.